The fourth-order valence-electron chi connectivity index (χ4n) is 1.71. The number of anilines is 1. The van der Waals surface area contributed by atoms with Crippen molar-refractivity contribution in [1.82, 2.24) is 4.90 Å². The van der Waals surface area contributed by atoms with Crippen LogP contribution in [-0.2, 0) is 4.74 Å². The van der Waals surface area contributed by atoms with Gasteiger partial charge in [-0.05, 0) is 19.4 Å². The van der Waals surface area contributed by atoms with Gasteiger partial charge < -0.3 is 15.4 Å². The van der Waals surface area contributed by atoms with E-state index in [1.807, 2.05) is 11.8 Å². The van der Waals surface area contributed by atoms with E-state index in [1.165, 1.54) is 11.3 Å². The molecule has 1 aliphatic rings. The molecule has 1 amide bonds. The molecule has 0 aromatic carbocycles. The van der Waals surface area contributed by atoms with Gasteiger partial charge in [0.2, 0.25) is 0 Å². The maximum absolute atomic E-state index is 12.1. The van der Waals surface area contributed by atoms with Crippen LogP contribution >= 0.6 is 11.3 Å². The fourth-order valence-corrected chi connectivity index (χ4v) is 2.62. The van der Waals surface area contributed by atoms with Gasteiger partial charge in [0.1, 0.15) is 0 Å². The van der Waals surface area contributed by atoms with E-state index >= 15 is 0 Å². The number of nitrogens with zero attached hydrogens (tertiary/aromatic N) is 1. The Balaban J connectivity index is 2.11. The topological polar surface area (TPSA) is 55.6 Å². The highest BCUT2D eigenvalue weighted by Crippen LogP contribution is 2.24. The van der Waals surface area contributed by atoms with E-state index < -0.39 is 0 Å². The molecule has 1 saturated heterocycles. The summed E-state index contributed by atoms with van der Waals surface area (Å²) in [4.78, 5) is 15.7. The minimum Gasteiger partial charge on any atom is -0.398 e. The molecule has 16 heavy (non-hydrogen) atoms. The van der Waals surface area contributed by atoms with Gasteiger partial charge in [-0.1, -0.05) is 0 Å². The SMILES string of the molecule is Cc1sc(C(=O)N2CCCOCC2)cc1N. The average Bonchev–Trinajstić information content (AvgIpc) is 2.51. The lowest BCUT2D eigenvalue weighted by molar-refractivity contribution is 0.0746. The first-order valence-corrected chi connectivity index (χ1v) is 6.23. The molecule has 88 valence electrons. The van der Waals surface area contributed by atoms with Crippen LogP contribution in [0.1, 0.15) is 21.0 Å². The molecule has 0 aliphatic carbocycles. The number of ether oxygens (including phenoxy) is 1. The highest BCUT2D eigenvalue weighted by molar-refractivity contribution is 7.14. The Morgan fingerprint density at radius 2 is 2.31 bits per heavy atom. The zero-order chi connectivity index (χ0) is 11.5. The molecule has 5 heteroatoms. The van der Waals surface area contributed by atoms with Gasteiger partial charge in [-0.3, -0.25) is 4.79 Å². The Labute approximate surface area is 99.0 Å². The van der Waals surface area contributed by atoms with E-state index in [2.05, 4.69) is 0 Å². The van der Waals surface area contributed by atoms with Crippen molar-refractivity contribution >= 4 is 22.9 Å². The zero-order valence-electron chi connectivity index (χ0n) is 9.36. The van der Waals surface area contributed by atoms with Crippen molar-refractivity contribution in [2.75, 3.05) is 32.0 Å². The highest BCUT2D eigenvalue weighted by atomic mass is 32.1. The van der Waals surface area contributed by atoms with Gasteiger partial charge in [0.15, 0.2) is 0 Å². The van der Waals surface area contributed by atoms with E-state index in [0.717, 1.165) is 29.3 Å². The lowest BCUT2D eigenvalue weighted by atomic mass is 10.3. The Hall–Kier alpha value is -1.07. The van der Waals surface area contributed by atoms with Crippen molar-refractivity contribution in [2.24, 2.45) is 0 Å². The second-order valence-electron chi connectivity index (χ2n) is 3.88. The van der Waals surface area contributed by atoms with Crippen LogP contribution in [0, 0.1) is 6.92 Å². The number of thiophene rings is 1. The fraction of sp³-hybridized carbons (Fsp3) is 0.545. The molecule has 0 radical (unpaired) electrons. The molecule has 1 fully saturated rings. The molecule has 1 aromatic rings. The Morgan fingerprint density at radius 1 is 1.50 bits per heavy atom. The molecule has 4 nitrogen and oxygen atoms in total. The van der Waals surface area contributed by atoms with Crippen LogP contribution in [0.3, 0.4) is 0 Å². The van der Waals surface area contributed by atoms with Crippen LogP contribution in [0.15, 0.2) is 6.07 Å². The Morgan fingerprint density at radius 3 is 3.00 bits per heavy atom. The molecule has 1 aliphatic heterocycles. The minimum atomic E-state index is 0.0790. The third kappa shape index (κ3) is 2.36. The number of nitrogens with two attached hydrogens (primary N) is 1. The van der Waals surface area contributed by atoms with Crippen molar-refractivity contribution < 1.29 is 9.53 Å². The van der Waals surface area contributed by atoms with Crippen LogP contribution in [0.5, 0.6) is 0 Å². The number of nitrogen functional groups attached to an aromatic ring is 1. The largest absolute Gasteiger partial charge is 0.398 e. The summed E-state index contributed by atoms with van der Waals surface area (Å²) in [6.45, 7) is 4.76. The standard InChI is InChI=1S/C11H16N2O2S/c1-8-9(12)7-10(16-8)11(14)13-3-2-5-15-6-4-13/h7H,2-6,12H2,1H3. The Bertz CT molecular complexity index is 362. The molecule has 0 saturated carbocycles. The first-order valence-electron chi connectivity index (χ1n) is 5.41. The van der Waals surface area contributed by atoms with Gasteiger partial charge in [-0.15, -0.1) is 11.3 Å². The molecule has 0 bridgehead atoms. The zero-order valence-corrected chi connectivity index (χ0v) is 10.2. The summed E-state index contributed by atoms with van der Waals surface area (Å²) in [6.07, 6.45) is 0.908. The van der Waals surface area contributed by atoms with Crippen molar-refractivity contribution in [3.05, 3.63) is 15.8 Å². The van der Waals surface area contributed by atoms with Crippen molar-refractivity contribution in [2.45, 2.75) is 13.3 Å². The van der Waals surface area contributed by atoms with E-state index in [0.29, 0.717) is 18.8 Å². The lowest BCUT2D eigenvalue weighted by Crippen LogP contribution is -2.32. The van der Waals surface area contributed by atoms with Crippen LogP contribution in [0.2, 0.25) is 0 Å². The summed E-state index contributed by atoms with van der Waals surface area (Å²) in [5, 5.41) is 0. The van der Waals surface area contributed by atoms with Crippen molar-refractivity contribution in [1.29, 1.82) is 0 Å². The normalized spacial score (nSPS) is 17.2. The first kappa shape index (κ1) is 11.4. The van der Waals surface area contributed by atoms with E-state index in [-0.39, 0.29) is 5.91 Å². The number of hydrogen-bond donors (Lipinski definition) is 1. The van der Waals surface area contributed by atoms with Crippen LogP contribution < -0.4 is 5.73 Å². The van der Waals surface area contributed by atoms with Crippen LogP contribution in [0.25, 0.3) is 0 Å². The smallest absolute Gasteiger partial charge is 0.264 e. The van der Waals surface area contributed by atoms with Gasteiger partial charge in [0, 0.05) is 30.3 Å². The average molecular weight is 240 g/mol. The van der Waals surface area contributed by atoms with Gasteiger partial charge in [0.05, 0.1) is 11.5 Å². The summed E-state index contributed by atoms with van der Waals surface area (Å²) in [6, 6.07) is 1.77. The van der Waals surface area contributed by atoms with Gasteiger partial charge in [0.25, 0.3) is 5.91 Å². The second-order valence-corrected chi connectivity index (χ2v) is 5.14. The molecule has 2 heterocycles. The maximum atomic E-state index is 12.1. The third-order valence-electron chi connectivity index (χ3n) is 2.68. The van der Waals surface area contributed by atoms with Crippen LogP contribution in [0.4, 0.5) is 5.69 Å². The predicted octanol–water partition coefficient (Wildman–Crippen LogP) is 1.50. The van der Waals surface area contributed by atoms with Crippen LogP contribution in [-0.4, -0.2) is 37.1 Å². The lowest BCUT2D eigenvalue weighted by Gasteiger charge is -2.18. The number of hydrogen-bond acceptors (Lipinski definition) is 4. The molecule has 2 N–H and O–H groups in total. The summed E-state index contributed by atoms with van der Waals surface area (Å²) in [5.41, 5.74) is 6.46. The van der Waals surface area contributed by atoms with Gasteiger partial charge in [-0.25, -0.2) is 0 Å². The summed E-state index contributed by atoms with van der Waals surface area (Å²) in [5.74, 6) is 0.0790. The van der Waals surface area contributed by atoms with E-state index in [4.69, 9.17) is 10.5 Å². The van der Waals surface area contributed by atoms with Crippen molar-refractivity contribution in [3.63, 3.8) is 0 Å². The van der Waals surface area contributed by atoms with E-state index in [1.54, 1.807) is 6.07 Å². The summed E-state index contributed by atoms with van der Waals surface area (Å²) < 4.78 is 5.32. The minimum absolute atomic E-state index is 0.0790. The number of amides is 1. The number of rotatable bonds is 1. The number of aryl methyl sites for hydroxylation is 1. The molecule has 2 rings (SSSR count). The first-order chi connectivity index (χ1) is 7.68. The molecule has 0 spiro atoms. The highest BCUT2D eigenvalue weighted by Gasteiger charge is 2.19. The quantitative estimate of drug-likeness (QED) is 0.809. The van der Waals surface area contributed by atoms with Gasteiger partial charge in [-0.2, -0.15) is 0 Å². The third-order valence-corrected chi connectivity index (χ3v) is 3.73. The predicted molar refractivity (Wildman–Crippen MR) is 64.8 cm³/mol. The van der Waals surface area contributed by atoms with E-state index in [9.17, 15) is 4.79 Å². The summed E-state index contributed by atoms with van der Waals surface area (Å²) >= 11 is 1.47. The summed E-state index contributed by atoms with van der Waals surface area (Å²) in [7, 11) is 0. The number of carbonyl (C=O) groups excluding carboxylic acids is 1. The molecular formula is C11H16N2O2S. The Kier molecular flexibility index (Phi) is 3.46. The van der Waals surface area contributed by atoms with Gasteiger partial charge >= 0.3 is 0 Å². The molecule has 1 aromatic heterocycles. The molecule has 0 atom stereocenters. The second kappa shape index (κ2) is 4.84. The maximum Gasteiger partial charge on any atom is 0.264 e. The molecule has 0 unspecified atom stereocenters. The van der Waals surface area contributed by atoms with Crippen molar-refractivity contribution in [3.8, 4) is 0 Å². The monoisotopic (exact) mass is 240 g/mol. The number of carbonyl (C=O) groups is 1. The molecular weight excluding hydrogens is 224 g/mol.